The molecule has 1 saturated carbocycles. The molecule has 1 aliphatic rings. The molecule has 1 aromatic carbocycles. The molecule has 1 aromatic heterocycles. The Morgan fingerprint density at radius 3 is 2.71 bits per heavy atom. The third-order valence-corrected chi connectivity index (χ3v) is 6.14. The SMILES string of the molecule is CSC1(CNC(C)c2ccc3[nH]c(=O)[nH]c3c2)CCCC1. The third-order valence-electron chi connectivity index (χ3n) is 4.72. The van der Waals surface area contributed by atoms with E-state index in [9.17, 15) is 4.79 Å². The maximum atomic E-state index is 11.3. The topological polar surface area (TPSA) is 60.7 Å². The number of H-pyrrole nitrogens is 2. The molecular formula is C16H23N3OS. The quantitative estimate of drug-likeness (QED) is 0.795. The highest BCUT2D eigenvalue weighted by Crippen LogP contribution is 2.40. The molecule has 1 atom stereocenters. The Labute approximate surface area is 129 Å². The largest absolute Gasteiger partial charge is 0.323 e. The lowest BCUT2D eigenvalue weighted by molar-refractivity contribution is 0.487. The highest BCUT2D eigenvalue weighted by Gasteiger charge is 2.32. The second kappa shape index (κ2) is 5.89. The van der Waals surface area contributed by atoms with Crippen LogP contribution < -0.4 is 11.0 Å². The lowest BCUT2D eigenvalue weighted by Gasteiger charge is -2.29. The van der Waals surface area contributed by atoms with E-state index in [4.69, 9.17) is 0 Å². The first-order chi connectivity index (χ1) is 10.1. The Morgan fingerprint density at radius 2 is 2.00 bits per heavy atom. The molecule has 114 valence electrons. The van der Waals surface area contributed by atoms with Gasteiger partial charge in [0.05, 0.1) is 11.0 Å². The molecule has 1 aliphatic carbocycles. The van der Waals surface area contributed by atoms with Crippen LogP contribution in [0.15, 0.2) is 23.0 Å². The second-order valence-corrected chi connectivity index (χ2v) is 7.36. The molecule has 1 fully saturated rings. The first-order valence-corrected chi connectivity index (χ1v) is 8.85. The van der Waals surface area contributed by atoms with Crippen molar-refractivity contribution in [1.29, 1.82) is 0 Å². The average Bonchev–Trinajstić information content (AvgIpc) is 3.09. The standard InChI is InChI=1S/C16H23N3OS/c1-11(17-10-16(21-2)7-3-4-8-16)12-5-6-13-14(9-12)19-15(20)18-13/h5-6,9,11,17H,3-4,7-8,10H2,1-2H3,(H2,18,19,20). The summed E-state index contributed by atoms with van der Waals surface area (Å²) in [6.07, 6.45) is 7.57. The van der Waals surface area contributed by atoms with Crippen LogP contribution in [-0.2, 0) is 0 Å². The normalized spacial score (nSPS) is 19.1. The van der Waals surface area contributed by atoms with Gasteiger partial charge in [0.15, 0.2) is 0 Å². The van der Waals surface area contributed by atoms with Crippen LogP contribution in [0.3, 0.4) is 0 Å². The molecule has 2 aromatic rings. The lowest BCUT2D eigenvalue weighted by atomic mass is 10.0. The van der Waals surface area contributed by atoms with E-state index in [0.29, 0.717) is 4.75 Å². The summed E-state index contributed by atoms with van der Waals surface area (Å²) in [5.74, 6) is 0. The highest BCUT2D eigenvalue weighted by molar-refractivity contribution is 8.00. The number of hydrogen-bond acceptors (Lipinski definition) is 3. The number of fused-ring (bicyclic) bond motifs is 1. The van der Waals surface area contributed by atoms with Gasteiger partial charge < -0.3 is 15.3 Å². The highest BCUT2D eigenvalue weighted by atomic mass is 32.2. The van der Waals surface area contributed by atoms with Crippen LogP contribution >= 0.6 is 11.8 Å². The first-order valence-electron chi connectivity index (χ1n) is 7.62. The van der Waals surface area contributed by atoms with Gasteiger partial charge in [-0.3, -0.25) is 0 Å². The minimum atomic E-state index is -0.143. The van der Waals surface area contributed by atoms with Crippen molar-refractivity contribution in [3.05, 3.63) is 34.2 Å². The van der Waals surface area contributed by atoms with Crippen molar-refractivity contribution in [1.82, 2.24) is 15.3 Å². The molecule has 3 N–H and O–H groups in total. The average molecular weight is 305 g/mol. The summed E-state index contributed by atoms with van der Waals surface area (Å²) >= 11 is 2.01. The van der Waals surface area contributed by atoms with E-state index >= 15 is 0 Å². The number of aromatic nitrogens is 2. The number of imidazole rings is 1. The van der Waals surface area contributed by atoms with Crippen molar-refractivity contribution in [2.45, 2.75) is 43.4 Å². The fourth-order valence-corrected chi connectivity index (χ4v) is 4.17. The van der Waals surface area contributed by atoms with E-state index in [1.54, 1.807) is 0 Å². The number of benzene rings is 1. The molecule has 5 heteroatoms. The van der Waals surface area contributed by atoms with E-state index in [-0.39, 0.29) is 11.7 Å². The van der Waals surface area contributed by atoms with Crippen molar-refractivity contribution < 1.29 is 0 Å². The molecule has 0 spiro atoms. The number of nitrogens with one attached hydrogen (secondary N) is 3. The number of thioether (sulfide) groups is 1. The zero-order valence-electron chi connectivity index (χ0n) is 12.7. The Hall–Kier alpha value is -1.20. The minimum Gasteiger partial charge on any atom is -0.309 e. The zero-order valence-corrected chi connectivity index (χ0v) is 13.5. The smallest absolute Gasteiger partial charge is 0.309 e. The summed E-state index contributed by atoms with van der Waals surface area (Å²) in [4.78, 5) is 16.9. The predicted octanol–water partition coefficient (Wildman–Crippen LogP) is 3.18. The monoisotopic (exact) mass is 305 g/mol. The van der Waals surface area contributed by atoms with Gasteiger partial charge in [-0.05, 0) is 43.7 Å². The van der Waals surface area contributed by atoms with E-state index in [1.807, 2.05) is 17.8 Å². The van der Waals surface area contributed by atoms with Crippen LogP contribution in [0.4, 0.5) is 0 Å². The van der Waals surface area contributed by atoms with Crippen LogP contribution in [0.2, 0.25) is 0 Å². The molecule has 0 amide bonds. The fraction of sp³-hybridized carbons (Fsp3) is 0.562. The van der Waals surface area contributed by atoms with Crippen LogP contribution in [0.25, 0.3) is 11.0 Å². The number of hydrogen-bond donors (Lipinski definition) is 3. The first kappa shape index (κ1) is 14.7. The maximum absolute atomic E-state index is 11.3. The van der Waals surface area contributed by atoms with Crippen molar-refractivity contribution in [3.8, 4) is 0 Å². The molecular weight excluding hydrogens is 282 g/mol. The Morgan fingerprint density at radius 1 is 1.29 bits per heavy atom. The van der Waals surface area contributed by atoms with Gasteiger partial charge in [0.25, 0.3) is 0 Å². The number of rotatable bonds is 5. The van der Waals surface area contributed by atoms with Gasteiger partial charge in [-0.2, -0.15) is 11.8 Å². The second-order valence-electron chi connectivity index (χ2n) is 6.08. The molecule has 3 rings (SSSR count). The summed E-state index contributed by atoms with van der Waals surface area (Å²) in [6, 6.07) is 6.41. The lowest BCUT2D eigenvalue weighted by Crippen LogP contribution is -2.36. The van der Waals surface area contributed by atoms with E-state index < -0.39 is 0 Å². The van der Waals surface area contributed by atoms with Crippen molar-refractivity contribution >= 4 is 22.8 Å². The van der Waals surface area contributed by atoms with E-state index in [1.165, 1.54) is 31.2 Å². The molecule has 0 saturated heterocycles. The van der Waals surface area contributed by atoms with Gasteiger partial charge in [0, 0.05) is 17.3 Å². The molecule has 21 heavy (non-hydrogen) atoms. The predicted molar refractivity (Wildman–Crippen MR) is 90.1 cm³/mol. The molecule has 0 bridgehead atoms. The Bertz CT molecular complexity index is 669. The molecule has 1 unspecified atom stereocenters. The van der Waals surface area contributed by atoms with E-state index in [0.717, 1.165) is 17.6 Å². The fourth-order valence-electron chi connectivity index (χ4n) is 3.25. The van der Waals surface area contributed by atoms with Crippen LogP contribution in [0.1, 0.15) is 44.2 Å². The zero-order chi connectivity index (χ0) is 14.9. The molecule has 0 aliphatic heterocycles. The van der Waals surface area contributed by atoms with Gasteiger partial charge in [-0.1, -0.05) is 18.9 Å². The van der Waals surface area contributed by atoms with Gasteiger partial charge in [0.2, 0.25) is 0 Å². The van der Waals surface area contributed by atoms with Gasteiger partial charge in [-0.15, -0.1) is 0 Å². The number of aromatic amines is 2. The summed E-state index contributed by atoms with van der Waals surface area (Å²) < 4.78 is 0.417. The maximum Gasteiger partial charge on any atom is 0.323 e. The Balaban J connectivity index is 1.71. The summed E-state index contributed by atoms with van der Waals surface area (Å²) in [6.45, 7) is 3.24. The van der Waals surface area contributed by atoms with Crippen LogP contribution in [-0.4, -0.2) is 27.5 Å². The van der Waals surface area contributed by atoms with E-state index in [2.05, 4.69) is 40.6 Å². The van der Waals surface area contributed by atoms with Crippen molar-refractivity contribution in [3.63, 3.8) is 0 Å². The van der Waals surface area contributed by atoms with Crippen molar-refractivity contribution in [2.75, 3.05) is 12.8 Å². The minimum absolute atomic E-state index is 0.143. The summed E-state index contributed by atoms with van der Waals surface area (Å²) in [7, 11) is 0. The summed E-state index contributed by atoms with van der Waals surface area (Å²) in [5.41, 5.74) is 2.82. The summed E-state index contributed by atoms with van der Waals surface area (Å²) in [5, 5.41) is 3.68. The van der Waals surface area contributed by atoms with Gasteiger partial charge >= 0.3 is 5.69 Å². The molecule has 1 heterocycles. The van der Waals surface area contributed by atoms with Gasteiger partial charge in [-0.25, -0.2) is 4.79 Å². The molecule has 0 radical (unpaired) electrons. The Kier molecular flexibility index (Phi) is 4.13. The molecule has 4 nitrogen and oxygen atoms in total. The van der Waals surface area contributed by atoms with Crippen molar-refractivity contribution in [2.24, 2.45) is 0 Å². The third kappa shape index (κ3) is 3.04. The van der Waals surface area contributed by atoms with Crippen LogP contribution in [0, 0.1) is 0 Å². The van der Waals surface area contributed by atoms with Gasteiger partial charge in [0.1, 0.15) is 0 Å². The van der Waals surface area contributed by atoms with Crippen LogP contribution in [0.5, 0.6) is 0 Å².